The van der Waals surface area contributed by atoms with Gasteiger partial charge in [0.05, 0.1) is 6.61 Å². The predicted octanol–water partition coefficient (Wildman–Crippen LogP) is 2.60. The Hall–Kier alpha value is -1.32. The molecule has 1 atom stereocenters. The molecule has 0 aromatic heterocycles. The van der Waals surface area contributed by atoms with Gasteiger partial charge in [-0.3, -0.25) is 4.90 Å². The Morgan fingerprint density at radius 2 is 2.21 bits per heavy atom. The number of rotatable bonds is 6. The normalized spacial score (nSPS) is 20.2. The second kappa shape index (κ2) is 7.31. The van der Waals surface area contributed by atoms with E-state index in [0.717, 1.165) is 25.3 Å². The van der Waals surface area contributed by atoms with E-state index in [2.05, 4.69) is 17.5 Å². The summed E-state index contributed by atoms with van der Waals surface area (Å²) < 4.78 is 5.69. The number of hydrogen-bond donors (Lipinski definition) is 1. The van der Waals surface area contributed by atoms with Crippen molar-refractivity contribution in [3.05, 3.63) is 42.5 Å². The molecule has 1 aromatic carbocycles. The van der Waals surface area contributed by atoms with E-state index in [1.54, 1.807) is 6.08 Å². The molecule has 1 aliphatic rings. The molecule has 0 aliphatic carbocycles. The fraction of sp³-hybridized carbons (Fsp3) is 0.500. The molecule has 104 valence electrons. The van der Waals surface area contributed by atoms with E-state index in [-0.39, 0.29) is 6.61 Å². The highest BCUT2D eigenvalue weighted by molar-refractivity contribution is 5.33. The molecule has 1 aliphatic heterocycles. The lowest BCUT2D eigenvalue weighted by molar-refractivity contribution is 0.0833. The van der Waals surface area contributed by atoms with Gasteiger partial charge in [-0.05, 0) is 25.5 Å². The molecule has 0 bridgehead atoms. The van der Waals surface area contributed by atoms with Crippen molar-refractivity contribution in [1.82, 2.24) is 4.90 Å². The molecule has 19 heavy (non-hydrogen) atoms. The second-order valence-corrected chi connectivity index (χ2v) is 5.01. The van der Waals surface area contributed by atoms with Gasteiger partial charge >= 0.3 is 0 Å². The lowest BCUT2D eigenvalue weighted by atomic mass is 10.0. The maximum absolute atomic E-state index is 9.46. The molecule has 2 rings (SSSR count). The average Bonchev–Trinajstić information content (AvgIpc) is 2.47. The van der Waals surface area contributed by atoms with Crippen LogP contribution in [0.4, 0.5) is 0 Å². The zero-order valence-corrected chi connectivity index (χ0v) is 11.4. The molecule has 1 fully saturated rings. The number of aliphatic hydroxyl groups excluding tert-OH is 1. The predicted molar refractivity (Wildman–Crippen MR) is 77.3 cm³/mol. The van der Waals surface area contributed by atoms with Crippen LogP contribution in [0, 0.1) is 0 Å². The molecule has 3 heteroatoms. The topological polar surface area (TPSA) is 32.7 Å². The fourth-order valence-electron chi connectivity index (χ4n) is 2.62. The first-order chi connectivity index (χ1) is 9.35. The zero-order valence-electron chi connectivity index (χ0n) is 11.4. The molecular weight excluding hydrogens is 238 g/mol. The summed E-state index contributed by atoms with van der Waals surface area (Å²) in [5.41, 5.74) is 1.18. The minimum Gasteiger partial charge on any atom is -0.489 e. The van der Waals surface area contributed by atoms with Gasteiger partial charge in [-0.2, -0.15) is 0 Å². The molecule has 1 aromatic rings. The van der Waals surface area contributed by atoms with Gasteiger partial charge in [0.25, 0.3) is 0 Å². The molecule has 0 saturated carbocycles. The van der Waals surface area contributed by atoms with E-state index in [1.807, 2.05) is 18.2 Å². The minimum absolute atomic E-state index is 0.246. The molecular formula is C16H23NO2. The maximum Gasteiger partial charge on any atom is 0.124 e. The molecule has 1 unspecified atom stereocenters. The Morgan fingerprint density at radius 3 is 3.00 bits per heavy atom. The standard InChI is InChI=1S/C16H23NO2/c1-2-11-19-16-9-4-3-7-14(16)12-17-10-6-5-8-15(17)13-18/h2-4,7,9,15,18H,1,5-6,8,10-13H2. The molecule has 1 saturated heterocycles. The van der Waals surface area contributed by atoms with Gasteiger partial charge in [-0.1, -0.05) is 37.3 Å². The summed E-state index contributed by atoms with van der Waals surface area (Å²) in [6.45, 7) is 6.35. The van der Waals surface area contributed by atoms with Gasteiger partial charge in [-0.15, -0.1) is 0 Å². The van der Waals surface area contributed by atoms with E-state index in [1.165, 1.54) is 18.4 Å². The van der Waals surface area contributed by atoms with E-state index in [0.29, 0.717) is 12.6 Å². The summed E-state index contributed by atoms with van der Waals surface area (Å²) in [5.74, 6) is 0.921. The first-order valence-corrected chi connectivity index (χ1v) is 7.01. The van der Waals surface area contributed by atoms with Crippen LogP contribution in [0.1, 0.15) is 24.8 Å². The van der Waals surface area contributed by atoms with Crippen molar-refractivity contribution >= 4 is 0 Å². The average molecular weight is 261 g/mol. The number of likely N-dealkylation sites (tertiary alicyclic amines) is 1. The van der Waals surface area contributed by atoms with Gasteiger partial charge in [0, 0.05) is 18.2 Å². The molecule has 0 amide bonds. The zero-order chi connectivity index (χ0) is 13.5. The number of piperidine rings is 1. The van der Waals surface area contributed by atoms with Crippen LogP contribution in [0.25, 0.3) is 0 Å². The third kappa shape index (κ3) is 3.82. The monoisotopic (exact) mass is 261 g/mol. The highest BCUT2D eigenvalue weighted by atomic mass is 16.5. The summed E-state index contributed by atoms with van der Waals surface area (Å²) in [6, 6.07) is 8.41. The minimum atomic E-state index is 0.246. The summed E-state index contributed by atoms with van der Waals surface area (Å²) in [7, 11) is 0. The maximum atomic E-state index is 9.46. The van der Waals surface area contributed by atoms with Crippen LogP contribution in [0.5, 0.6) is 5.75 Å². The number of hydrogen-bond acceptors (Lipinski definition) is 3. The quantitative estimate of drug-likeness (QED) is 0.799. The van der Waals surface area contributed by atoms with Crippen molar-refractivity contribution in [2.45, 2.75) is 31.8 Å². The first-order valence-electron chi connectivity index (χ1n) is 7.01. The van der Waals surface area contributed by atoms with Crippen LogP contribution >= 0.6 is 0 Å². The first kappa shape index (κ1) is 14.1. The van der Waals surface area contributed by atoms with Crippen molar-refractivity contribution in [2.24, 2.45) is 0 Å². The van der Waals surface area contributed by atoms with E-state index < -0.39 is 0 Å². The van der Waals surface area contributed by atoms with Crippen molar-refractivity contribution < 1.29 is 9.84 Å². The lowest BCUT2D eigenvalue weighted by Gasteiger charge is -2.34. The van der Waals surface area contributed by atoms with E-state index >= 15 is 0 Å². The molecule has 0 spiro atoms. The largest absolute Gasteiger partial charge is 0.489 e. The van der Waals surface area contributed by atoms with Crippen molar-refractivity contribution in [2.75, 3.05) is 19.8 Å². The van der Waals surface area contributed by atoms with Crippen LogP contribution in [-0.4, -0.2) is 35.8 Å². The summed E-state index contributed by atoms with van der Waals surface area (Å²) >= 11 is 0. The van der Waals surface area contributed by atoms with Crippen molar-refractivity contribution in [3.8, 4) is 5.75 Å². The van der Waals surface area contributed by atoms with Gasteiger partial charge in [0.1, 0.15) is 12.4 Å². The highest BCUT2D eigenvalue weighted by Gasteiger charge is 2.22. The van der Waals surface area contributed by atoms with Crippen molar-refractivity contribution in [1.29, 1.82) is 0 Å². The number of ether oxygens (including phenoxy) is 1. The van der Waals surface area contributed by atoms with Crippen LogP contribution in [0.3, 0.4) is 0 Å². The highest BCUT2D eigenvalue weighted by Crippen LogP contribution is 2.24. The molecule has 0 radical (unpaired) electrons. The molecule has 3 nitrogen and oxygen atoms in total. The summed E-state index contributed by atoms with van der Waals surface area (Å²) in [5, 5.41) is 9.46. The van der Waals surface area contributed by atoms with Gasteiger partial charge in [0.15, 0.2) is 0 Å². The number of aliphatic hydroxyl groups is 1. The Kier molecular flexibility index (Phi) is 5.43. The Bertz CT molecular complexity index is 405. The van der Waals surface area contributed by atoms with E-state index in [9.17, 15) is 5.11 Å². The second-order valence-electron chi connectivity index (χ2n) is 5.01. The summed E-state index contributed by atoms with van der Waals surface area (Å²) in [4.78, 5) is 2.36. The molecule has 1 heterocycles. The lowest BCUT2D eigenvalue weighted by Crippen LogP contribution is -2.41. The number of benzene rings is 1. The third-order valence-corrected chi connectivity index (χ3v) is 3.66. The van der Waals surface area contributed by atoms with Crippen LogP contribution in [-0.2, 0) is 6.54 Å². The fourth-order valence-corrected chi connectivity index (χ4v) is 2.62. The van der Waals surface area contributed by atoms with Gasteiger partial charge in [0.2, 0.25) is 0 Å². The molecule has 1 N–H and O–H groups in total. The Balaban J connectivity index is 2.06. The Labute approximate surface area is 115 Å². The van der Waals surface area contributed by atoms with Crippen molar-refractivity contribution in [3.63, 3.8) is 0 Å². The number of para-hydroxylation sites is 1. The van der Waals surface area contributed by atoms with Crippen LogP contribution < -0.4 is 4.74 Å². The van der Waals surface area contributed by atoms with E-state index in [4.69, 9.17) is 4.74 Å². The Morgan fingerprint density at radius 1 is 1.37 bits per heavy atom. The smallest absolute Gasteiger partial charge is 0.124 e. The third-order valence-electron chi connectivity index (χ3n) is 3.66. The summed E-state index contributed by atoms with van der Waals surface area (Å²) in [6.07, 6.45) is 5.28. The number of nitrogens with zero attached hydrogens (tertiary/aromatic N) is 1. The SMILES string of the molecule is C=CCOc1ccccc1CN1CCCCC1CO. The van der Waals surface area contributed by atoms with Crippen LogP contribution in [0.2, 0.25) is 0 Å². The van der Waals surface area contributed by atoms with Crippen LogP contribution in [0.15, 0.2) is 36.9 Å². The van der Waals surface area contributed by atoms with Gasteiger partial charge < -0.3 is 9.84 Å². The van der Waals surface area contributed by atoms with Gasteiger partial charge in [-0.25, -0.2) is 0 Å².